The van der Waals surface area contributed by atoms with Gasteiger partial charge in [-0.25, -0.2) is 9.78 Å². The van der Waals surface area contributed by atoms with E-state index in [0.29, 0.717) is 42.4 Å². The molecule has 4 aromatic rings. The number of rotatable bonds is 3. The van der Waals surface area contributed by atoms with E-state index in [4.69, 9.17) is 24.3 Å². The molecule has 48 heavy (non-hydrogen) atoms. The van der Waals surface area contributed by atoms with Gasteiger partial charge in [0.1, 0.15) is 11.6 Å². The predicted molar refractivity (Wildman–Crippen MR) is 189 cm³/mol. The lowest BCUT2D eigenvalue weighted by molar-refractivity contribution is -0.160. The summed E-state index contributed by atoms with van der Waals surface area (Å²) >= 11 is 0. The van der Waals surface area contributed by atoms with Gasteiger partial charge >= 0.3 is 5.97 Å². The van der Waals surface area contributed by atoms with Crippen molar-refractivity contribution in [2.45, 2.75) is 97.6 Å². The standard InChI is InChI=1S/C39H48N4O5/c1-25-15-16-32-30(22-25)28-13-11-14-29(23-28)31-24-33-40-27(3)34(35(37(44)45)48-38(4,5)6)36(43(33)41-31)42-19-17-39(7,18-20-42)46-21-10-8-9-12-26(2)47-32/h8,10-11,13-16,22-24,26,35H,9,12,17-21H2,1-7H3,(H,44,45)/b10-8-/t26-,35-/m0/s1. The Balaban J connectivity index is 1.53. The molecule has 5 heterocycles. The number of anilines is 1. The molecule has 7 rings (SSSR count). The molecule has 2 aromatic carbocycles. The van der Waals surface area contributed by atoms with E-state index in [9.17, 15) is 9.90 Å². The van der Waals surface area contributed by atoms with Gasteiger partial charge < -0.3 is 24.2 Å². The molecule has 9 heteroatoms. The molecule has 254 valence electrons. The Morgan fingerprint density at radius 1 is 1.06 bits per heavy atom. The summed E-state index contributed by atoms with van der Waals surface area (Å²) in [5, 5.41) is 15.6. The average molecular weight is 653 g/mol. The summed E-state index contributed by atoms with van der Waals surface area (Å²) in [6.45, 7) is 15.7. The number of carbonyl (C=O) groups is 1. The molecule has 2 aromatic heterocycles. The number of ether oxygens (including phenoxy) is 3. The third-order valence-electron chi connectivity index (χ3n) is 9.25. The second-order valence-corrected chi connectivity index (χ2v) is 14.5. The van der Waals surface area contributed by atoms with Crippen molar-refractivity contribution < 1.29 is 24.1 Å². The lowest BCUT2D eigenvalue weighted by atomic mass is 9.92. The Morgan fingerprint density at radius 3 is 2.54 bits per heavy atom. The largest absolute Gasteiger partial charge is 0.490 e. The summed E-state index contributed by atoms with van der Waals surface area (Å²) in [6, 6.07) is 16.6. The zero-order valence-electron chi connectivity index (χ0n) is 29.2. The first kappa shape index (κ1) is 33.7. The summed E-state index contributed by atoms with van der Waals surface area (Å²) in [4.78, 5) is 20.0. The third kappa shape index (κ3) is 7.27. The van der Waals surface area contributed by atoms with Gasteiger partial charge in [0.25, 0.3) is 0 Å². The molecule has 1 saturated heterocycles. The summed E-state index contributed by atoms with van der Waals surface area (Å²) < 4.78 is 21.0. The quantitative estimate of drug-likeness (QED) is 0.222. The lowest BCUT2D eigenvalue weighted by Gasteiger charge is -2.41. The van der Waals surface area contributed by atoms with Gasteiger partial charge in [0.05, 0.1) is 35.2 Å². The number of fused-ring (bicyclic) bond motifs is 8. The zero-order valence-corrected chi connectivity index (χ0v) is 29.2. The van der Waals surface area contributed by atoms with Crippen LogP contribution in [-0.4, -0.2) is 62.7 Å². The number of aliphatic carboxylic acids is 1. The molecule has 0 aliphatic carbocycles. The molecule has 3 aliphatic rings. The number of carboxylic acids is 1. The fraction of sp³-hybridized carbons (Fsp3) is 0.462. The molecule has 0 unspecified atom stereocenters. The topological polar surface area (TPSA) is 98.4 Å². The number of nitrogens with zero attached hydrogens (tertiary/aromatic N) is 4. The van der Waals surface area contributed by atoms with Crippen LogP contribution in [0.4, 0.5) is 5.82 Å². The first-order chi connectivity index (χ1) is 22.8. The van der Waals surface area contributed by atoms with Crippen LogP contribution >= 0.6 is 0 Å². The summed E-state index contributed by atoms with van der Waals surface area (Å²) in [5.41, 5.74) is 5.66. The van der Waals surface area contributed by atoms with Crippen molar-refractivity contribution >= 4 is 17.4 Å². The smallest absolute Gasteiger partial charge is 0.337 e. The van der Waals surface area contributed by atoms with Gasteiger partial charge in [0.15, 0.2) is 11.8 Å². The molecule has 6 bridgehead atoms. The van der Waals surface area contributed by atoms with Crippen LogP contribution in [-0.2, 0) is 14.3 Å². The van der Waals surface area contributed by atoms with E-state index in [2.05, 4.69) is 68.2 Å². The van der Waals surface area contributed by atoms with Crippen molar-refractivity contribution in [2.24, 2.45) is 0 Å². The maximum atomic E-state index is 12.8. The van der Waals surface area contributed by atoms with Crippen molar-refractivity contribution in [2.75, 3.05) is 24.6 Å². The Kier molecular flexibility index (Phi) is 9.37. The normalized spacial score (nSPS) is 21.7. The Bertz CT molecular complexity index is 1830. The van der Waals surface area contributed by atoms with Crippen LogP contribution in [0.15, 0.2) is 60.7 Å². The van der Waals surface area contributed by atoms with E-state index in [-0.39, 0.29) is 11.7 Å². The van der Waals surface area contributed by atoms with Gasteiger partial charge in [-0.15, -0.1) is 0 Å². The molecular weight excluding hydrogens is 604 g/mol. The Morgan fingerprint density at radius 2 is 1.81 bits per heavy atom. The number of hydrogen-bond acceptors (Lipinski definition) is 7. The number of allylic oxidation sites excluding steroid dienone is 1. The average Bonchev–Trinajstić information content (AvgIpc) is 3.45. The third-order valence-corrected chi connectivity index (χ3v) is 9.25. The van der Waals surface area contributed by atoms with Crippen LogP contribution in [0.25, 0.3) is 28.0 Å². The molecule has 3 aliphatic heterocycles. The van der Waals surface area contributed by atoms with Crippen molar-refractivity contribution in [3.8, 4) is 28.1 Å². The minimum absolute atomic E-state index is 0.0356. The Hall–Kier alpha value is -4.21. The van der Waals surface area contributed by atoms with Crippen LogP contribution in [0.5, 0.6) is 5.75 Å². The van der Waals surface area contributed by atoms with Gasteiger partial charge in [0, 0.05) is 36.0 Å². The second-order valence-electron chi connectivity index (χ2n) is 14.5. The van der Waals surface area contributed by atoms with Gasteiger partial charge in [-0.05, 0) is 97.9 Å². The van der Waals surface area contributed by atoms with Gasteiger partial charge in [-0.2, -0.15) is 9.61 Å². The number of aromatic nitrogens is 3. The van der Waals surface area contributed by atoms with Crippen LogP contribution in [0.2, 0.25) is 0 Å². The molecule has 1 fully saturated rings. The van der Waals surface area contributed by atoms with Crippen LogP contribution in [0.1, 0.15) is 83.2 Å². The molecule has 9 nitrogen and oxygen atoms in total. The summed E-state index contributed by atoms with van der Waals surface area (Å²) in [5.74, 6) is 0.488. The van der Waals surface area contributed by atoms with E-state index >= 15 is 0 Å². The molecule has 0 spiro atoms. The first-order valence-corrected chi connectivity index (χ1v) is 17.0. The molecular formula is C39H48N4O5. The molecule has 0 radical (unpaired) electrons. The van der Waals surface area contributed by atoms with Crippen molar-refractivity contribution in [1.29, 1.82) is 0 Å². The van der Waals surface area contributed by atoms with Crippen molar-refractivity contribution in [3.63, 3.8) is 0 Å². The second kappa shape index (κ2) is 13.4. The maximum absolute atomic E-state index is 12.8. The minimum atomic E-state index is -1.22. The highest BCUT2D eigenvalue weighted by atomic mass is 16.5. The van der Waals surface area contributed by atoms with Crippen molar-refractivity contribution in [1.82, 2.24) is 14.6 Å². The fourth-order valence-electron chi connectivity index (χ4n) is 6.65. The molecule has 2 atom stereocenters. The van der Waals surface area contributed by atoms with Gasteiger partial charge in [-0.1, -0.05) is 42.0 Å². The summed E-state index contributed by atoms with van der Waals surface area (Å²) in [7, 11) is 0. The van der Waals surface area contributed by atoms with E-state index in [1.807, 2.05) is 50.4 Å². The van der Waals surface area contributed by atoms with E-state index in [1.54, 1.807) is 0 Å². The van der Waals surface area contributed by atoms with E-state index in [0.717, 1.165) is 59.4 Å². The molecule has 0 saturated carbocycles. The van der Waals surface area contributed by atoms with Crippen LogP contribution in [0.3, 0.4) is 0 Å². The number of benzene rings is 2. The van der Waals surface area contributed by atoms with Crippen LogP contribution in [0, 0.1) is 13.8 Å². The molecule has 1 N–H and O–H groups in total. The minimum Gasteiger partial charge on any atom is -0.490 e. The SMILES string of the molecule is Cc1ccc2c(c1)-c1cccc(c1)-c1cc3nc(C)c([C@H](OC(C)(C)C)C(=O)O)c(n3n1)N1CCC(C)(CC1)OC/C=C\CC[C@H](C)O2. The van der Waals surface area contributed by atoms with Crippen LogP contribution < -0.4 is 9.64 Å². The monoisotopic (exact) mass is 652 g/mol. The zero-order chi connectivity index (χ0) is 34.2. The number of carboxylic acid groups (broad SMARTS) is 1. The van der Waals surface area contributed by atoms with E-state index in [1.165, 1.54) is 0 Å². The molecule has 0 amide bonds. The number of hydrogen-bond donors (Lipinski definition) is 1. The number of piperidine rings is 1. The van der Waals surface area contributed by atoms with Gasteiger partial charge in [-0.3, -0.25) is 0 Å². The highest BCUT2D eigenvalue weighted by molar-refractivity contribution is 5.80. The summed E-state index contributed by atoms with van der Waals surface area (Å²) in [6.07, 6.45) is 6.45. The predicted octanol–water partition coefficient (Wildman–Crippen LogP) is 8.11. The fourth-order valence-corrected chi connectivity index (χ4v) is 6.65. The lowest BCUT2D eigenvalue weighted by Crippen LogP contribution is -2.45. The first-order valence-electron chi connectivity index (χ1n) is 17.0. The van der Waals surface area contributed by atoms with Gasteiger partial charge in [0.2, 0.25) is 0 Å². The highest BCUT2D eigenvalue weighted by Crippen LogP contribution is 2.39. The maximum Gasteiger partial charge on any atom is 0.337 e. The Labute approximate surface area is 283 Å². The number of aryl methyl sites for hydroxylation is 2. The van der Waals surface area contributed by atoms with Crippen molar-refractivity contribution in [3.05, 3.63) is 77.5 Å². The highest BCUT2D eigenvalue weighted by Gasteiger charge is 2.37. The van der Waals surface area contributed by atoms with E-state index < -0.39 is 17.7 Å².